The standard InChI is InChI=1S/C9H10O4.C8H16O2/c1-9(8(12)13)4-2-3-6(5-9)7(10)11;1-2-3-4-5-6-7-8(9)10/h2-4H,5H2,1H3,(H,10,11)(H,12,13);2-7H2,1H3,(H,9,10). The zero-order valence-corrected chi connectivity index (χ0v) is 13.7. The molecule has 0 aromatic rings. The van der Waals surface area contributed by atoms with E-state index in [9.17, 15) is 14.4 Å². The van der Waals surface area contributed by atoms with Crippen LogP contribution in [0, 0.1) is 5.41 Å². The van der Waals surface area contributed by atoms with Crippen LogP contribution in [0.3, 0.4) is 0 Å². The second-order valence-corrected chi connectivity index (χ2v) is 5.81. The highest BCUT2D eigenvalue weighted by Gasteiger charge is 2.34. The summed E-state index contributed by atoms with van der Waals surface area (Å²) in [6.45, 7) is 3.65. The second-order valence-electron chi connectivity index (χ2n) is 5.81. The van der Waals surface area contributed by atoms with E-state index in [4.69, 9.17) is 15.3 Å². The highest BCUT2D eigenvalue weighted by atomic mass is 16.4. The van der Waals surface area contributed by atoms with Gasteiger partial charge in [-0.1, -0.05) is 50.8 Å². The van der Waals surface area contributed by atoms with Crippen molar-refractivity contribution in [3.05, 3.63) is 23.8 Å². The lowest BCUT2D eigenvalue weighted by Crippen LogP contribution is -2.28. The first-order valence-electron chi connectivity index (χ1n) is 7.79. The minimum absolute atomic E-state index is 0.0359. The summed E-state index contributed by atoms with van der Waals surface area (Å²) in [7, 11) is 0. The van der Waals surface area contributed by atoms with Gasteiger partial charge in [-0.05, 0) is 19.8 Å². The predicted molar refractivity (Wildman–Crippen MR) is 86.2 cm³/mol. The molecule has 0 fully saturated rings. The summed E-state index contributed by atoms with van der Waals surface area (Å²) < 4.78 is 0. The molecule has 0 saturated carbocycles. The predicted octanol–water partition coefficient (Wildman–Crippen LogP) is 3.48. The topological polar surface area (TPSA) is 112 Å². The monoisotopic (exact) mass is 326 g/mol. The number of unbranched alkanes of at least 4 members (excludes halogenated alkanes) is 4. The molecule has 1 aliphatic rings. The van der Waals surface area contributed by atoms with Gasteiger partial charge >= 0.3 is 17.9 Å². The molecule has 1 unspecified atom stereocenters. The van der Waals surface area contributed by atoms with Crippen LogP contribution in [0.5, 0.6) is 0 Å². The van der Waals surface area contributed by atoms with Crippen molar-refractivity contribution in [3.8, 4) is 0 Å². The summed E-state index contributed by atoms with van der Waals surface area (Å²) in [6, 6.07) is 0. The van der Waals surface area contributed by atoms with E-state index in [0.29, 0.717) is 6.42 Å². The average molecular weight is 326 g/mol. The second kappa shape index (κ2) is 10.6. The van der Waals surface area contributed by atoms with E-state index in [1.54, 1.807) is 0 Å². The fraction of sp³-hybridized carbons (Fsp3) is 0.588. The summed E-state index contributed by atoms with van der Waals surface area (Å²) >= 11 is 0. The third kappa shape index (κ3) is 8.80. The van der Waals surface area contributed by atoms with Gasteiger partial charge in [0.25, 0.3) is 0 Å². The van der Waals surface area contributed by atoms with Crippen LogP contribution < -0.4 is 0 Å². The molecule has 6 heteroatoms. The van der Waals surface area contributed by atoms with Crippen molar-refractivity contribution in [2.24, 2.45) is 5.41 Å². The van der Waals surface area contributed by atoms with Crippen LogP contribution >= 0.6 is 0 Å². The molecule has 0 amide bonds. The molecule has 0 radical (unpaired) electrons. The van der Waals surface area contributed by atoms with Crippen molar-refractivity contribution in [3.63, 3.8) is 0 Å². The minimum atomic E-state index is -1.08. The molecule has 6 nitrogen and oxygen atoms in total. The Balaban J connectivity index is 0.000000438. The van der Waals surface area contributed by atoms with E-state index in [0.717, 1.165) is 12.8 Å². The smallest absolute Gasteiger partial charge is 0.331 e. The average Bonchev–Trinajstić information content (AvgIpc) is 2.47. The molecule has 0 spiro atoms. The Morgan fingerprint density at radius 2 is 1.70 bits per heavy atom. The van der Waals surface area contributed by atoms with Crippen LogP contribution in [-0.4, -0.2) is 33.2 Å². The number of hydrogen-bond donors (Lipinski definition) is 3. The zero-order valence-electron chi connectivity index (χ0n) is 13.7. The van der Waals surface area contributed by atoms with Crippen LogP contribution in [0.2, 0.25) is 0 Å². The van der Waals surface area contributed by atoms with Gasteiger partial charge in [0.2, 0.25) is 0 Å². The molecule has 0 heterocycles. The van der Waals surface area contributed by atoms with Gasteiger partial charge < -0.3 is 15.3 Å². The third-order valence-electron chi connectivity index (χ3n) is 3.58. The molecule has 0 aromatic carbocycles. The molecular weight excluding hydrogens is 300 g/mol. The maximum atomic E-state index is 10.8. The molecule has 0 aromatic heterocycles. The molecule has 3 N–H and O–H groups in total. The van der Waals surface area contributed by atoms with Crippen LogP contribution in [0.25, 0.3) is 0 Å². The number of hydrogen-bond acceptors (Lipinski definition) is 3. The first-order chi connectivity index (χ1) is 10.7. The fourth-order valence-electron chi connectivity index (χ4n) is 2.06. The zero-order chi connectivity index (χ0) is 17.9. The van der Waals surface area contributed by atoms with Crippen molar-refractivity contribution >= 4 is 17.9 Å². The van der Waals surface area contributed by atoms with Crippen molar-refractivity contribution < 1.29 is 29.7 Å². The molecular formula is C17H26O6. The fourth-order valence-corrected chi connectivity index (χ4v) is 2.06. The summed E-state index contributed by atoms with van der Waals surface area (Å²) in [5, 5.41) is 25.8. The normalized spacial score (nSPS) is 19.3. The van der Waals surface area contributed by atoms with Crippen molar-refractivity contribution in [2.45, 2.75) is 58.8 Å². The van der Waals surface area contributed by atoms with Crippen molar-refractivity contribution in [1.29, 1.82) is 0 Å². The van der Waals surface area contributed by atoms with E-state index in [1.165, 1.54) is 44.4 Å². The van der Waals surface area contributed by atoms with E-state index < -0.39 is 23.3 Å². The number of rotatable bonds is 8. The lowest BCUT2D eigenvalue weighted by atomic mass is 9.80. The Labute approximate surface area is 136 Å². The van der Waals surface area contributed by atoms with Gasteiger partial charge in [-0.2, -0.15) is 0 Å². The Morgan fingerprint density at radius 3 is 2.17 bits per heavy atom. The van der Waals surface area contributed by atoms with Gasteiger partial charge in [-0.25, -0.2) is 4.79 Å². The lowest BCUT2D eigenvalue weighted by Gasteiger charge is -2.23. The molecule has 1 rings (SSSR count). The largest absolute Gasteiger partial charge is 0.481 e. The highest BCUT2D eigenvalue weighted by Crippen LogP contribution is 2.31. The van der Waals surface area contributed by atoms with E-state index in [-0.39, 0.29) is 12.0 Å². The lowest BCUT2D eigenvalue weighted by molar-refractivity contribution is -0.145. The van der Waals surface area contributed by atoms with Crippen LogP contribution in [0.15, 0.2) is 23.8 Å². The van der Waals surface area contributed by atoms with Gasteiger partial charge in [-0.15, -0.1) is 0 Å². The van der Waals surface area contributed by atoms with Gasteiger partial charge in [-0.3, -0.25) is 9.59 Å². The van der Waals surface area contributed by atoms with Gasteiger partial charge in [0.1, 0.15) is 0 Å². The van der Waals surface area contributed by atoms with Gasteiger partial charge in [0, 0.05) is 12.0 Å². The Morgan fingerprint density at radius 1 is 1.09 bits per heavy atom. The third-order valence-corrected chi connectivity index (χ3v) is 3.58. The van der Waals surface area contributed by atoms with Crippen molar-refractivity contribution in [2.75, 3.05) is 0 Å². The summed E-state index contributed by atoms with van der Waals surface area (Å²) in [5.74, 6) is -2.73. The molecule has 130 valence electrons. The van der Waals surface area contributed by atoms with E-state index in [1.807, 2.05) is 0 Å². The molecule has 1 atom stereocenters. The van der Waals surface area contributed by atoms with Crippen LogP contribution in [0.4, 0.5) is 0 Å². The van der Waals surface area contributed by atoms with E-state index in [2.05, 4.69) is 6.92 Å². The number of carboxylic acid groups (broad SMARTS) is 3. The Kier molecular flexibility index (Phi) is 9.62. The van der Waals surface area contributed by atoms with Crippen LogP contribution in [0.1, 0.15) is 58.8 Å². The maximum Gasteiger partial charge on any atom is 0.331 e. The number of carbonyl (C=O) groups is 3. The number of aliphatic carboxylic acids is 3. The summed E-state index contributed by atoms with van der Waals surface area (Å²) in [4.78, 5) is 31.4. The van der Waals surface area contributed by atoms with E-state index >= 15 is 0 Å². The first kappa shape index (κ1) is 20.9. The maximum absolute atomic E-state index is 10.8. The SMILES string of the molecule is CC1(C(=O)O)C=CC=C(C(=O)O)C1.CCCCCCCC(=O)O. The minimum Gasteiger partial charge on any atom is -0.481 e. The highest BCUT2D eigenvalue weighted by molar-refractivity contribution is 5.90. The number of allylic oxidation sites excluding steroid dienone is 2. The molecule has 0 bridgehead atoms. The molecule has 1 aliphatic carbocycles. The van der Waals surface area contributed by atoms with Crippen molar-refractivity contribution in [1.82, 2.24) is 0 Å². The van der Waals surface area contributed by atoms with Gasteiger partial charge in [0.05, 0.1) is 5.41 Å². The quantitative estimate of drug-likeness (QED) is 0.589. The van der Waals surface area contributed by atoms with Gasteiger partial charge in [0.15, 0.2) is 0 Å². The summed E-state index contributed by atoms with van der Waals surface area (Å²) in [5.41, 5.74) is -0.949. The first-order valence-corrected chi connectivity index (χ1v) is 7.79. The Hall–Kier alpha value is -2.11. The van der Waals surface area contributed by atoms with Crippen LogP contribution in [-0.2, 0) is 14.4 Å². The molecule has 0 saturated heterocycles. The summed E-state index contributed by atoms with van der Waals surface area (Å²) in [6.07, 6.45) is 10.3. The Bertz CT molecular complexity index is 477. The molecule has 0 aliphatic heterocycles. The molecule has 23 heavy (non-hydrogen) atoms. The number of carboxylic acids is 3.